The zero-order chi connectivity index (χ0) is 25.0. The van der Waals surface area contributed by atoms with Gasteiger partial charge in [0.2, 0.25) is 10.0 Å². The van der Waals surface area contributed by atoms with E-state index in [0.29, 0.717) is 29.2 Å². The van der Waals surface area contributed by atoms with Gasteiger partial charge in [0.05, 0.1) is 10.5 Å². The Bertz CT molecular complexity index is 1130. The molecule has 0 fully saturated rings. The molecule has 1 aliphatic carbocycles. The third-order valence-corrected chi connectivity index (χ3v) is 8.84. The summed E-state index contributed by atoms with van der Waals surface area (Å²) in [4.78, 5) is 26.4. The fraction of sp³-hybridized carbons (Fsp3) is 0.520. The molecule has 2 aromatic rings. The van der Waals surface area contributed by atoms with E-state index in [4.69, 9.17) is 5.73 Å². The van der Waals surface area contributed by atoms with Gasteiger partial charge in [0, 0.05) is 23.5 Å². The monoisotopic (exact) mass is 505 g/mol. The number of nitrogens with two attached hydrogens (primary N) is 1. The van der Waals surface area contributed by atoms with E-state index in [1.54, 1.807) is 0 Å². The van der Waals surface area contributed by atoms with Crippen LogP contribution >= 0.6 is 11.3 Å². The summed E-state index contributed by atoms with van der Waals surface area (Å²) in [6.45, 7) is 8.81. The molecular formula is C25H35N3O4S2. The number of sulfonamides is 1. The second-order valence-electron chi connectivity index (χ2n) is 9.72. The lowest BCUT2D eigenvalue weighted by Crippen LogP contribution is -2.37. The number of benzene rings is 1. The van der Waals surface area contributed by atoms with Gasteiger partial charge < -0.3 is 11.1 Å². The van der Waals surface area contributed by atoms with Gasteiger partial charge in [-0.15, -0.1) is 11.3 Å². The summed E-state index contributed by atoms with van der Waals surface area (Å²) in [5, 5.41) is 3.31. The van der Waals surface area contributed by atoms with Crippen LogP contribution in [0, 0.1) is 11.8 Å². The van der Waals surface area contributed by atoms with Crippen molar-refractivity contribution in [3.8, 4) is 0 Å². The number of thiophene rings is 1. The van der Waals surface area contributed by atoms with Crippen molar-refractivity contribution in [3.63, 3.8) is 0 Å². The Labute approximate surface area is 206 Å². The number of amides is 2. The molecule has 0 aliphatic heterocycles. The van der Waals surface area contributed by atoms with Crippen LogP contribution < -0.4 is 11.1 Å². The Morgan fingerprint density at radius 3 is 2.15 bits per heavy atom. The molecule has 3 N–H and O–H groups in total. The maximum Gasteiger partial charge on any atom is 0.256 e. The number of carbonyl (C=O) groups is 2. The molecule has 0 spiro atoms. The number of nitrogens with zero attached hydrogens (tertiary/aromatic N) is 1. The van der Waals surface area contributed by atoms with E-state index >= 15 is 0 Å². The molecule has 0 bridgehead atoms. The molecule has 1 heterocycles. The summed E-state index contributed by atoms with van der Waals surface area (Å²) < 4.78 is 27.9. The van der Waals surface area contributed by atoms with Crippen molar-refractivity contribution < 1.29 is 18.0 Å². The van der Waals surface area contributed by atoms with E-state index in [-0.39, 0.29) is 16.7 Å². The summed E-state index contributed by atoms with van der Waals surface area (Å²) in [6, 6.07) is 5.95. The first-order valence-electron chi connectivity index (χ1n) is 11.9. The van der Waals surface area contributed by atoms with Crippen molar-refractivity contribution >= 4 is 38.2 Å². The minimum atomic E-state index is -3.67. The van der Waals surface area contributed by atoms with Gasteiger partial charge >= 0.3 is 0 Å². The van der Waals surface area contributed by atoms with Crippen LogP contribution in [0.3, 0.4) is 0 Å². The van der Waals surface area contributed by atoms with Crippen LogP contribution in [0.1, 0.15) is 78.1 Å². The third kappa shape index (κ3) is 6.06. The number of nitrogens with one attached hydrogen (secondary N) is 1. The second-order valence-corrected chi connectivity index (χ2v) is 12.8. The number of rotatable bonds is 9. The van der Waals surface area contributed by atoms with Gasteiger partial charge in [-0.2, -0.15) is 4.31 Å². The number of carbonyl (C=O) groups excluding carboxylic acids is 2. The first-order chi connectivity index (χ1) is 16.0. The Balaban J connectivity index is 1.82. The van der Waals surface area contributed by atoms with Gasteiger partial charge in [-0.1, -0.05) is 34.1 Å². The van der Waals surface area contributed by atoms with Crippen molar-refractivity contribution in [2.75, 3.05) is 18.4 Å². The topological polar surface area (TPSA) is 110 Å². The van der Waals surface area contributed by atoms with E-state index in [2.05, 4.69) is 5.32 Å². The molecule has 0 saturated carbocycles. The summed E-state index contributed by atoms with van der Waals surface area (Å²) in [7, 11) is -3.67. The van der Waals surface area contributed by atoms with Gasteiger partial charge in [-0.25, -0.2) is 8.42 Å². The first-order valence-corrected chi connectivity index (χ1v) is 14.1. The molecule has 186 valence electrons. The molecule has 7 nitrogen and oxygen atoms in total. The average Bonchev–Trinajstić information content (AvgIpc) is 2.93. The smallest absolute Gasteiger partial charge is 0.256 e. The minimum absolute atomic E-state index is 0.158. The molecule has 9 heteroatoms. The fourth-order valence-electron chi connectivity index (χ4n) is 4.28. The normalized spacial score (nSPS) is 14.3. The van der Waals surface area contributed by atoms with Crippen molar-refractivity contribution in [1.82, 2.24) is 4.31 Å². The maximum atomic E-state index is 13.2. The van der Waals surface area contributed by atoms with Crippen molar-refractivity contribution in [1.29, 1.82) is 0 Å². The van der Waals surface area contributed by atoms with Gasteiger partial charge in [-0.05, 0) is 67.3 Å². The van der Waals surface area contributed by atoms with Crippen molar-refractivity contribution in [2.24, 2.45) is 17.6 Å². The summed E-state index contributed by atoms with van der Waals surface area (Å²) in [6.07, 6.45) is 4.84. The van der Waals surface area contributed by atoms with Crippen molar-refractivity contribution in [2.45, 2.75) is 64.7 Å². The van der Waals surface area contributed by atoms with E-state index < -0.39 is 21.8 Å². The summed E-state index contributed by atoms with van der Waals surface area (Å²) in [5.41, 5.74) is 7.35. The van der Waals surface area contributed by atoms with E-state index in [1.807, 2.05) is 27.7 Å². The Kier molecular flexibility index (Phi) is 8.54. The van der Waals surface area contributed by atoms with Gasteiger partial charge in [0.1, 0.15) is 5.00 Å². The number of anilines is 1. The molecule has 0 atom stereocenters. The molecule has 0 radical (unpaired) electrons. The molecule has 2 amide bonds. The highest BCUT2D eigenvalue weighted by Crippen LogP contribution is 2.37. The predicted octanol–water partition coefficient (Wildman–Crippen LogP) is 4.67. The number of hydrogen-bond acceptors (Lipinski definition) is 5. The number of hydrogen-bond donors (Lipinski definition) is 2. The fourth-order valence-corrected chi connectivity index (χ4v) is 7.34. The molecule has 0 saturated heterocycles. The highest BCUT2D eigenvalue weighted by Gasteiger charge is 2.27. The molecular weight excluding hydrogens is 470 g/mol. The zero-order valence-electron chi connectivity index (χ0n) is 20.4. The Morgan fingerprint density at radius 2 is 1.59 bits per heavy atom. The van der Waals surface area contributed by atoms with Gasteiger partial charge in [0.25, 0.3) is 11.8 Å². The van der Waals surface area contributed by atoms with Crippen LogP contribution in [0.2, 0.25) is 0 Å². The first kappa shape index (κ1) is 26.4. The maximum absolute atomic E-state index is 13.2. The number of fused-ring (bicyclic) bond motifs is 1. The second kappa shape index (κ2) is 11.0. The van der Waals surface area contributed by atoms with Gasteiger partial charge in [-0.3, -0.25) is 9.59 Å². The Morgan fingerprint density at radius 1 is 1.00 bits per heavy atom. The summed E-state index contributed by atoms with van der Waals surface area (Å²) >= 11 is 1.41. The highest BCUT2D eigenvalue weighted by atomic mass is 32.2. The lowest BCUT2D eigenvalue weighted by atomic mass is 10.1. The molecule has 3 rings (SSSR count). The van der Waals surface area contributed by atoms with E-state index in [1.165, 1.54) is 39.9 Å². The third-order valence-electron chi connectivity index (χ3n) is 5.79. The standard InChI is InChI=1S/C25H35N3O4S2/c1-16(2)14-28(15-17(3)4)34(31,32)19-12-10-18(11-13-19)24(30)27-25-22(23(26)29)20-8-6-5-7-9-21(20)33-25/h10-13,16-17H,5-9,14-15H2,1-4H3,(H2,26,29)(H,27,30). The molecule has 1 aromatic carbocycles. The molecule has 1 aromatic heterocycles. The molecule has 0 unspecified atom stereocenters. The minimum Gasteiger partial charge on any atom is -0.365 e. The highest BCUT2D eigenvalue weighted by molar-refractivity contribution is 7.89. The van der Waals surface area contributed by atoms with Gasteiger partial charge in [0.15, 0.2) is 0 Å². The SMILES string of the molecule is CC(C)CN(CC(C)C)S(=O)(=O)c1ccc(C(=O)Nc2sc3c(c2C(N)=O)CCCCC3)cc1. The zero-order valence-corrected chi connectivity index (χ0v) is 22.0. The molecule has 34 heavy (non-hydrogen) atoms. The summed E-state index contributed by atoms with van der Waals surface area (Å²) in [5.74, 6) is -0.548. The van der Waals surface area contributed by atoms with E-state index in [9.17, 15) is 18.0 Å². The van der Waals surface area contributed by atoms with Crippen LogP contribution in [-0.2, 0) is 22.9 Å². The number of primary amides is 1. The predicted molar refractivity (Wildman–Crippen MR) is 137 cm³/mol. The van der Waals surface area contributed by atoms with Crippen LogP contribution in [0.15, 0.2) is 29.2 Å². The lowest BCUT2D eigenvalue weighted by molar-refractivity contribution is 0.100. The number of aryl methyl sites for hydroxylation is 1. The largest absolute Gasteiger partial charge is 0.365 e. The van der Waals surface area contributed by atoms with Crippen LogP contribution in [0.4, 0.5) is 5.00 Å². The van der Waals surface area contributed by atoms with Crippen LogP contribution in [0.5, 0.6) is 0 Å². The average molecular weight is 506 g/mol. The van der Waals surface area contributed by atoms with E-state index in [0.717, 1.165) is 42.5 Å². The van der Waals surface area contributed by atoms with Crippen molar-refractivity contribution in [3.05, 3.63) is 45.8 Å². The molecule has 1 aliphatic rings. The Hall–Kier alpha value is -2.23. The quantitative estimate of drug-likeness (QED) is 0.483. The van der Waals surface area contributed by atoms with Crippen LogP contribution in [0.25, 0.3) is 0 Å². The lowest BCUT2D eigenvalue weighted by Gasteiger charge is -2.25. The van der Waals surface area contributed by atoms with Crippen LogP contribution in [-0.4, -0.2) is 37.6 Å².